The summed E-state index contributed by atoms with van der Waals surface area (Å²) >= 11 is 0. The molecule has 0 unspecified atom stereocenters. The van der Waals surface area contributed by atoms with E-state index in [4.69, 9.17) is 11.5 Å². The minimum absolute atomic E-state index is 0.147. The minimum atomic E-state index is -0.579. The molecule has 5 heteroatoms. The van der Waals surface area contributed by atoms with Crippen LogP contribution in [-0.2, 0) is 4.79 Å². The first kappa shape index (κ1) is 12.5. The van der Waals surface area contributed by atoms with Gasteiger partial charge in [-0.1, -0.05) is 13.8 Å². The molecule has 0 spiro atoms. The normalized spacial score (nSPS) is 13.1. The quantitative estimate of drug-likeness (QED) is 0.318. The molecule has 5 N–H and O–H groups in total. The van der Waals surface area contributed by atoms with Crippen molar-refractivity contribution in [1.82, 2.24) is 5.32 Å². The number of aliphatic imine (C=N–C) groups is 1. The molecule has 80 valence electrons. The van der Waals surface area contributed by atoms with Gasteiger partial charge in [0.2, 0.25) is 0 Å². The zero-order chi connectivity index (χ0) is 11.1. The molecule has 1 amide bonds. The van der Waals surface area contributed by atoms with Gasteiger partial charge in [-0.2, -0.15) is 0 Å². The monoisotopic (exact) mass is 198 g/mol. The average molecular weight is 198 g/mol. The van der Waals surface area contributed by atoms with Crippen molar-refractivity contribution >= 4 is 11.7 Å². The fourth-order valence-electron chi connectivity index (χ4n) is 0.788. The summed E-state index contributed by atoms with van der Waals surface area (Å²) in [5, 5.41) is 2.96. The van der Waals surface area contributed by atoms with Crippen LogP contribution in [0.3, 0.4) is 0 Å². The second-order valence-electron chi connectivity index (χ2n) is 3.33. The van der Waals surface area contributed by atoms with Crippen molar-refractivity contribution in [2.45, 2.75) is 13.8 Å². The Morgan fingerprint density at radius 2 is 2.07 bits per heavy atom. The van der Waals surface area contributed by atoms with Gasteiger partial charge in [-0.3, -0.25) is 9.79 Å². The fourth-order valence-corrected chi connectivity index (χ4v) is 0.788. The van der Waals surface area contributed by atoms with Crippen molar-refractivity contribution in [3.05, 3.63) is 11.8 Å². The van der Waals surface area contributed by atoms with E-state index < -0.39 is 5.91 Å². The molecule has 0 aromatic rings. The smallest absolute Gasteiger partial charge is 0.253 e. The number of amidine groups is 1. The van der Waals surface area contributed by atoms with E-state index >= 15 is 0 Å². The minimum Gasteiger partial charge on any atom is -0.390 e. The highest BCUT2D eigenvalue weighted by Gasteiger charge is 2.08. The molecule has 0 aromatic heterocycles. The maximum atomic E-state index is 10.9. The van der Waals surface area contributed by atoms with Gasteiger partial charge in [0.05, 0.1) is 5.57 Å². The molecule has 0 fully saturated rings. The van der Waals surface area contributed by atoms with Gasteiger partial charge in [-0.25, -0.2) is 0 Å². The van der Waals surface area contributed by atoms with Crippen LogP contribution < -0.4 is 16.8 Å². The second kappa shape index (κ2) is 6.01. The molecule has 0 saturated heterocycles. The number of primary amides is 1. The largest absolute Gasteiger partial charge is 0.390 e. The van der Waals surface area contributed by atoms with Crippen LogP contribution in [0.5, 0.6) is 0 Å². The van der Waals surface area contributed by atoms with Crippen LogP contribution in [0.4, 0.5) is 0 Å². The third-order valence-electron chi connectivity index (χ3n) is 1.55. The predicted octanol–water partition coefficient (Wildman–Crippen LogP) is -0.412. The second-order valence-corrected chi connectivity index (χ2v) is 3.33. The lowest BCUT2D eigenvalue weighted by Gasteiger charge is -2.06. The van der Waals surface area contributed by atoms with Crippen molar-refractivity contribution in [1.29, 1.82) is 0 Å². The third-order valence-corrected chi connectivity index (χ3v) is 1.55. The molecule has 0 atom stereocenters. The Morgan fingerprint density at radius 1 is 1.50 bits per heavy atom. The molecule has 0 aliphatic rings. The maximum absolute atomic E-state index is 10.9. The van der Waals surface area contributed by atoms with Gasteiger partial charge in [-0.15, -0.1) is 0 Å². The molecular formula is C9H18N4O. The lowest BCUT2D eigenvalue weighted by molar-refractivity contribution is -0.114. The van der Waals surface area contributed by atoms with Crippen molar-refractivity contribution < 1.29 is 4.79 Å². The molecule has 5 nitrogen and oxygen atoms in total. The highest BCUT2D eigenvalue weighted by molar-refractivity contribution is 6.19. The Hall–Kier alpha value is -1.52. The SMILES string of the molecule is CN=C(N)/C(=C\NCC(C)C)C(N)=O. The number of nitrogens with one attached hydrogen (secondary N) is 1. The van der Waals surface area contributed by atoms with Gasteiger partial charge in [0.15, 0.2) is 0 Å². The summed E-state index contributed by atoms with van der Waals surface area (Å²) in [4.78, 5) is 14.6. The number of hydrogen-bond acceptors (Lipinski definition) is 3. The molecule has 0 aliphatic carbocycles. The van der Waals surface area contributed by atoms with Crippen LogP contribution in [-0.4, -0.2) is 25.3 Å². The average Bonchev–Trinajstić information content (AvgIpc) is 2.10. The van der Waals surface area contributed by atoms with Gasteiger partial charge < -0.3 is 16.8 Å². The lowest BCUT2D eigenvalue weighted by Crippen LogP contribution is -2.28. The van der Waals surface area contributed by atoms with Gasteiger partial charge in [-0.05, 0) is 5.92 Å². The summed E-state index contributed by atoms with van der Waals surface area (Å²) in [6.07, 6.45) is 1.50. The fraction of sp³-hybridized carbons (Fsp3) is 0.556. The van der Waals surface area contributed by atoms with E-state index in [0.29, 0.717) is 5.92 Å². The number of rotatable bonds is 5. The molecule has 0 aromatic carbocycles. The zero-order valence-corrected chi connectivity index (χ0v) is 8.87. The molecular weight excluding hydrogens is 180 g/mol. The van der Waals surface area contributed by atoms with E-state index in [0.717, 1.165) is 6.54 Å². The first-order valence-corrected chi connectivity index (χ1v) is 4.45. The number of nitrogens with zero attached hydrogens (tertiary/aromatic N) is 1. The van der Waals surface area contributed by atoms with Crippen molar-refractivity contribution in [3.8, 4) is 0 Å². The zero-order valence-electron chi connectivity index (χ0n) is 8.87. The third kappa shape index (κ3) is 4.49. The van der Waals surface area contributed by atoms with Gasteiger partial charge in [0.25, 0.3) is 5.91 Å². The van der Waals surface area contributed by atoms with Gasteiger partial charge in [0.1, 0.15) is 5.84 Å². The van der Waals surface area contributed by atoms with E-state index in [2.05, 4.69) is 24.2 Å². The van der Waals surface area contributed by atoms with Crippen molar-refractivity contribution in [2.75, 3.05) is 13.6 Å². The number of nitrogens with two attached hydrogens (primary N) is 2. The van der Waals surface area contributed by atoms with Crippen LogP contribution in [0, 0.1) is 5.92 Å². The Balaban J connectivity index is 4.43. The van der Waals surface area contributed by atoms with Gasteiger partial charge in [0, 0.05) is 19.8 Å². The highest BCUT2D eigenvalue weighted by Crippen LogP contribution is 1.93. The van der Waals surface area contributed by atoms with E-state index in [9.17, 15) is 4.79 Å². The molecule has 0 heterocycles. The Kier molecular flexibility index (Phi) is 5.36. The van der Waals surface area contributed by atoms with Crippen LogP contribution in [0.1, 0.15) is 13.8 Å². The Morgan fingerprint density at radius 3 is 2.43 bits per heavy atom. The summed E-state index contributed by atoms with van der Waals surface area (Å²) in [5.74, 6) is 0.0540. The van der Waals surface area contributed by atoms with Crippen molar-refractivity contribution in [3.63, 3.8) is 0 Å². The van der Waals surface area contributed by atoms with E-state index in [1.165, 1.54) is 13.2 Å². The van der Waals surface area contributed by atoms with Crippen LogP contribution in [0.15, 0.2) is 16.8 Å². The molecule has 0 radical (unpaired) electrons. The van der Waals surface area contributed by atoms with Gasteiger partial charge >= 0.3 is 0 Å². The number of hydrogen-bond donors (Lipinski definition) is 3. The summed E-state index contributed by atoms with van der Waals surface area (Å²) in [6.45, 7) is 4.87. The lowest BCUT2D eigenvalue weighted by atomic mass is 10.2. The van der Waals surface area contributed by atoms with E-state index in [-0.39, 0.29) is 11.4 Å². The first-order chi connectivity index (χ1) is 6.49. The van der Waals surface area contributed by atoms with Crippen LogP contribution in [0.25, 0.3) is 0 Å². The standard InChI is InChI=1S/C9H18N4O/c1-6(2)4-13-5-7(9(11)14)8(10)12-3/h5-6,13H,4H2,1-3H3,(H2,10,12)(H2,11,14)/b7-5+. The number of carbonyl (C=O) groups excluding carboxylic acids is 1. The summed E-state index contributed by atoms with van der Waals surface area (Å²) in [7, 11) is 1.51. The maximum Gasteiger partial charge on any atom is 0.253 e. The Labute approximate surface area is 84.3 Å². The van der Waals surface area contributed by atoms with E-state index in [1.54, 1.807) is 0 Å². The van der Waals surface area contributed by atoms with Crippen LogP contribution in [0.2, 0.25) is 0 Å². The first-order valence-electron chi connectivity index (χ1n) is 4.45. The summed E-state index contributed by atoms with van der Waals surface area (Å²) in [6, 6.07) is 0. The molecule has 0 bridgehead atoms. The topological polar surface area (TPSA) is 93.5 Å². The molecule has 0 aliphatic heterocycles. The molecule has 14 heavy (non-hydrogen) atoms. The summed E-state index contributed by atoms with van der Waals surface area (Å²) in [5.41, 5.74) is 10.8. The van der Waals surface area contributed by atoms with E-state index in [1.807, 2.05) is 0 Å². The number of amides is 1. The summed E-state index contributed by atoms with van der Waals surface area (Å²) < 4.78 is 0. The predicted molar refractivity (Wildman–Crippen MR) is 57.7 cm³/mol. The Bertz CT molecular complexity index is 256. The van der Waals surface area contributed by atoms with Crippen LogP contribution >= 0.6 is 0 Å². The molecule has 0 saturated carbocycles. The highest BCUT2D eigenvalue weighted by atomic mass is 16.1. The molecule has 0 rings (SSSR count). The number of carbonyl (C=O) groups is 1. The van der Waals surface area contributed by atoms with Crippen molar-refractivity contribution in [2.24, 2.45) is 22.4 Å².